The molecule has 8 heteroatoms. The van der Waals surface area contributed by atoms with Gasteiger partial charge in [-0.3, -0.25) is 0 Å². The third kappa shape index (κ3) is 2.98. The van der Waals surface area contributed by atoms with Gasteiger partial charge in [-0.05, 0) is 36.6 Å². The molecule has 0 bridgehead atoms. The van der Waals surface area contributed by atoms with Gasteiger partial charge in [-0.1, -0.05) is 12.1 Å². The summed E-state index contributed by atoms with van der Waals surface area (Å²) in [5, 5.41) is 9.10. The first-order valence-corrected chi connectivity index (χ1v) is 8.93. The lowest BCUT2D eigenvalue weighted by Crippen LogP contribution is -2.27. The van der Waals surface area contributed by atoms with E-state index in [9.17, 15) is 13.2 Å². The number of carboxylic acid groups (broad SMARTS) is 1. The Morgan fingerprint density at radius 3 is 2.33 bits per heavy atom. The molecule has 1 aromatic heterocycles. The minimum absolute atomic E-state index is 0.0560. The zero-order valence-corrected chi connectivity index (χ0v) is 13.7. The number of sulfonamides is 1. The summed E-state index contributed by atoms with van der Waals surface area (Å²) in [7, 11) is -3.46. The van der Waals surface area contributed by atoms with Crippen molar-refractivity contribution in [1.82, 2.24) is 9.29 Å². The molecular formula is C16H17N3O4S. The van der Waals surface area contributed by atoms with E-state index in [0.29, 0.717) is 24.2 Å². The summed E-state index contributed by atoms with van der Waals surface area (Å²) in [5.74, 6) is -1.21. The second-order valence-electron chi connectivity index (χ2n) is 5.60. The number of pyridine rings is 1. The van der Waals surface area contributed by atoms with Gasteiger partial charge in [-0.2, -0.15) is 4.31 Å². The Morgan fingerprint density at radius 2 is 1.75 bits per heavy atom. The van der Waals surface area contributed by atoms with Gasteiger partial charge in [0.05, 0.1) is 4.90 Å². The summed E-state index contributed by atoms with van der Waals surface area (Å²) in [6, 6.07) is 7.76. The maximum atomic E-state index is 12.5. The molecule has 0 saturated carbocycles. The number of carbonyl (C=O) groups is 1. The summed E-state index contributed by atoms with van der Waals surface area (Å²) in [4.78, 5) is 15.2. The van der Waals surface area contributed by atoms with E-state index in [1.54, 1.807) is 12.1 Å². The zero-order chi connectivity index (χ0) is 17.3. The molecule has 0 amide bonds. The maximum Gasteiger partial charge on any atom is 0.339 e. The Labute approximate surface area is 139 Å². The van der Waals surface area contributed by atoms with Gasteiger partial charge in [0.25, 0.3) is 0 Å². The molecule has 0 spiro atoms. The van der Waals surface area contributed by atoms with E-state index in [2.05, 4.69) is 4.98 Å². The van der Waals surface area contributed by atoms with E-state index in [1.165, 1.54) is 28.7 Å². The monoisotopic (exact) mass is 347 g/mol. The van der Waals surface area contributed by atoms with E-state index in [1.807, 2.05) is 0 Å². The highest BCUT2D eigenvalue weighted by Crippen LogP contribution is 2.26. The molecule has 7 nitrogen and oxygen atoms in total. The van der Waals surface area contributed by atoms with Crippen molar-refractivity contribution in [2.24, 2.45) is 0 Å². The maximum absolute atomic E-state index is 12.5. The fraction of sp³-hybridized carbons (Fsp3) is 0.250. The molecule has 0 radical (unpaired) electrons. The highest BCUT2D eigenvalue weighted by atomic mass is 32.2. The second-order valence-corrected chi connectivity index (χ2v) is 7.54. The number of aromatic nitrogens is 1. The van der Waals surface area contributed by atoms with Crippen LogP contribution in [0.5, 0.6) is 0 Å². The van der Waals surface area contributed by atoms with E-state index in [4.69, 9.17) is 10.8 Å². The number of benzene rings is 1. The number of nitrogen functional groups attached to an aromatic ring is 1. The van der Waals surface area contributed by atoms with Crippen molar-refractivity contribution in [2.75, 3.05) is 18.8 Å². The number of anilines is 1. The first kappa shape index (κ1) is 16.4. The second kappa shape index (κ2) is 6.21. The van der Waals surface area contributed by atoms with Crippen LogP contribution in [0.4, 0.5) is 5.82 Å². The molecule has 3 N–H and O–H groups in total. The van der Waals surface area contributed by atoms with Crippen LogP contribution in [0.3, 0.4) is 0 Å². The summed E-state index contributed by atoms with van der Waals surface area (Å²) in [6.45, 7) is 1.10. The van der Waals surface area contributed by atoms with Crippen molar-refractivity contribution < 1.29 is 18.3 Å². The van der Waals surface area contributed by atoms with Crippen molar-refractivity contribution in [3.05, 3.63) is 42.1 Å². The van der Waals surface area contributed by atoms with Crippen molar-refractivity contribution in [3.63, 3.8) is 0 Å². The highest BCUT2D eigenvalue weighted by molar-refractivity contribution is 7.89. The Morgan fingerprint density at radius 1 is 1.12 bits per heavy atom. The van der Waals surface area contributed by atoms with Gasteiger partial charge >= 0.3 is 5.97 Å². The van der Waals surface area contributed by atoms with Gasteiger partial charge in [0.1, 0.15) is 11.4 Å². The van der Waals surface area contributed by atoms with Crippen LogP contribution in [0.2, 0.25) is 0 Å². The van der Waals surface area contributed by atoms with Crippen molar-refractivity contribution in [1.29, 1.82) is 0 Å². The average Bonchev–Trinajstić information content (AvgIpc) is 3.10. The lowest BCUT2D eigenvalue weighted by atomic mass is 10.1. The molecule has 3 rings (SSSR count). The van der Waals surface area contributed by atoms with Crippen LogP contribution >= 0.6 is 0 Å². The number of rotatable bonds is 4. The Balaban J connectivity index is 1.93. The van der Waals surface area contributed by atoms with E-state index in [0.717, 1.165) is 12.8 Å². The summed E-state index contributed by atoms with van der Waals surface area (Å²) in [5.41, 5.74) is 6.69. The normalized spacial score (nSPS) is 15.5. The number of aromatic carboxylic acids is 1. The van der Waals surface area contributed by atoms with Crippen LogP contribution in [-0.4, -0.2) is 41.9 Å². The molecule has 0 unspecified atom stereocenters. The predicted octanol–water partition coefficient (Wildman–Crippen LogP) is 1.81. The summed E-state index contributed by atoms with van der Waals surface area (Å²) < 4.78 is 26.5. The Bertz CT molecular complexity index is 873. The molecule has 0 atom stereocenters. The van der Waals surface area contributed by atoms with Crippen molar-refractivity contribution in [2.45, 2.75) is 17.7 Å². The number of nitrogens with zero attached hydrogens (tertiary/aromatic N) is 2. The fourth-order valence-electron chi connectivity index (χ4n) is 2.70. The minimum atomic E-state index is -3.46. The first-order chi connectivity index (χ1) is 11.4. The standard InChI is InChI=1S/C16H17N3O4S/c17-15-14(16(20)21)9-12(10-18-15)11-3-5-13(6-4-11)24(22,23)19-7-1-2-8-19/h3-6,9-10H,1-2,7-8H2,(H2,17,18)(H,20,21). The van der Waals surface area contributed by atoms with Crippen LogP contribution in [-0.2, 0) is 10.0 Å². The fourth-order valence-corrected chi connectivity index (χ4v) is 4.22. The van der Waals surface area contributed by atoms with E-state index in [-0.39, 0.29) is 16.3 Å². The largest absolute Gasteiger partial charge is 0.478 e. The van der Waals surface area contributed by atoms with Crippen LogP contribution in [0.25, 0.3) is 11.1 Å². The smallest absolute Gasteiger partial charge is 0.339 e. The number of hydrogen-bond donors (Lipinski definition) is 2. The summed E-state index contributed by atoms with van der Waals surface area (Å²) >= 11 is 0. The topological polar surface area (TPSA) is 114 Å². The van der Waals surface area contributed by atoms with Gasteiger partial charge in [0.2, 0.25) is 10.0 Å². The molecule has 0 aliphatic carbocycles. The lowest BCUT2D eigenvalue weighted by molar-refractivity contribution is 0.0697. The molecule has 1 saturated heterocycles. The minimum Gasteiger partial charge on any atom is -0.478 e. The highest BCUT2D eigenvalue weighted by Gasteiger charge is 2.26. The molecule has 1 aliphatic heterocycles. The van der Waals surface area contributed by atoms with Crippen LogP contribution in [0, 0.1) is 0 Å². The van der Waals surface area contributed by atoms with Gasteiger partial charge in [0, 0.05) is 24.8 Å². The number of hydrogen-bond acceptors (Lipinski definition) is 5. The molecule has 24 heavy (non-hydrogen) atoms. The SMILES string of the molecule is Nc1ncc(-c2ccc(S(=O)(=O)N3CCCC3)cc2)cc1C(=O)O. The van der Waals surface area contributed by atoms with E-state index >= 15 is 0 Å². The number of carboxylic acids is 1. The Kier molecular flexibility index (Phi) is 4.25. The third-order valence-corrected chi connectivity index (χ3v) is 5.95. The third-order valence-electron chi connectivity index (χ3n) is 4.04. The van der Waals surface area contributed by atoms with Gasteiger partial charge in [-0.15, -0.1) is 0 Å². The number of nitrogens with two attached hydrogens (primary N) is 1. The van der Waals surface area contributed by atoms with E-state index < -0.39 is 16.0 Å². The summed E-state index contributed by atoms with van der Waals surface area (Å²) in [6.07, 6.45) is 3.23. The molecule has 1 aliphatic rings. The first-order valence-electron chi connectivity index (χ1n) is 7.49. The molecular weight excluding hydrogens is 330 g/mol. The molecule has 2 heterocycles. The Hall–Kier alpha value is -2.45. The molecule has 126 valence electrons. The van der Waals surface area contributed by atoms with Crippen LogP contribution in [0.15, 0.2) is 41.4 Å². The molecule has 1 aromatic carbocycles. The average molecular weight is 347 g/mol. The quantitative estimate of drug-likeness (QED) is 0.872. The van der Waals surface area contributed by atoms with Crippen molar-refractivity contribution >= 4 is 21.8 Å². The molecule has 2 aromatic rings. The van der Waals surface area contributed by atoms with Crippen LogP contribution in [0.1, 0.15) is 23.2 Å². The zero-order valence-electron chi connectivity index (χ0n) is 12.8. The van der Waals surface area contributed by atoms with Gasteiger partial charge < -0.3 is 10.8 Å². The van der Waals surface area contributed by atoms with Gasteiger partial charge in [0.15, 0.2) is 0 Å². The van der Waals surface area contributed by atoms with Crippen LogP contribution < -0.4 is 5.73 Å². The van der Waals surface area contributed by atoms with Crippen molar-refractivity contribution in [3.8, 4) is 11.1 Å². The van der Waals surface area contributed by atoms with Gasteiger partial charge in [-0.25, -0.2) is 18.2 Å². The lowest BCUT2D eigenvalue weighted by Gasteiger charge is -2.15. The molecule has 1 fully saturated rings. The predicted molar refractivity (Wildman–Crippen MR) is 89.0 cm³/mol.